The minimum absolute atomic E-state index is 0. The van der Waals surface area contributed by atoms with Crippen LogP contribution in [0.2, 0.25) is 0 Å². The molecule has 0 aliphatic carbocycles. The molecule has 0 unspecified atom stereocenters. The summed E-state index contributed by atoms with van der Waals surface area (Å²) in [5.74, 6) is 0. The molecule has 8 heavy (non-hydrogen) atoms. The molecule has 0 saturated carbocycles. The minimum atomic E-state index is 0. The number of hydrogen-bond donors (Lipinski definition) is 0. The molecule has 0 saturated heterocycles. The maximum absolute atomic E-state index is 3.78. The number of aromatic nitrogens is 2. The summed E-state index contributed by atoms with van der Waals surface area (Å²) in [6, 6.07) is 1.77. The van der Waals surface area contributed by atoms with Crippen molar-refractivity contribution in [3.63, 3.8) is 0 Å². The topological polar surface area (TPSA) is 25.8 Å². The van der Waals surface area contributed by atoms with Crippen LogP contribution in [0.1, 0.15) is 0 Å². The summed E-state index contributed by atoms with van der Waals surface area (Å²) in [5, 5.41) is 0. The first-order chi connectivity index (χ1) is 3.39. The van der Waals surface area contributed by atoms with Crippen LogP contribution >= 0.6 is 29.4 Å². The molecule has 4 heteroatoms. The van der Waals surface area contributed by atoms with Crippen LogP contribution < -0.4 is 0 Å². The smallest absolute Gasteiger partial charge is 0.196 e. The summed E-state index contributed by atoms with van der Waals surface area (Å²) in [4.78, 5) is 7.57. The summed E-state index contributed by atoms with van der Waals surface area (Å²) < 4.78 is 0.634. The predicted octanol–water partition coefficient (Wildman–Crippen LogP) is 1.35. The van der Waals surface area contributed by atoms with Crippen molar-refractivity contribution < 1.29 is 0 Å². The van der Waals surface area contributed by atoms with E-state index >= 15 is 0 Å². The molecule has 1 heterocycles. The van der Waals surface area contributed by atoms with Gasteiger partial charge in [-0.05, 0) is 22.0 Å². The second kappa shape index (κ2) is 3.86. The van der Waals surface area contributed by atoms with E-state index in [1.807, 2.05) is 0 Å². The number of rotatable bonds is 0. The Morgan fingerprint density at radius 1 is 1.25 bits per heavy atom. The molecule has 0 amide bonds. The summed E-state index contributed by atoms with van der Waals surface area (Å²) >= 11 is 3.09. The van der Waals surface area contributed by atoms with Crippen LogP contribution in [0.25, 0.3) is 0 Å². The van der Waals surface area contributed by atoms with Crippen molar-refractivity contribution in [3.05, 3.63) is 23.2 Å². The Kier molecular flexibility index (Phi) is 3.81. The van der Waals surface area contributed by atoms with Crippen molar-refractivity contribution in [2.24, 2.45) is 0 Å². The standard InChI is InChI=1S/C4H3BrN2.H2S/c5-4-6-2-1-3-7-4;/h1-3H;1H2. The lowest BCUT2D eigenvalue weighted by Gasteiger charge is -1.79. The molecule has 44 valence electrons. The number of hydrogen-bond acceptors (Lipinski definition) is 2. The fourth-order valence-corrected chi connectivity index (χ4v) is 0.517. The van der Waals surface area contributed by atoms with Gasteiger partial charge in [0.1, 0.15) is 0 Å². The zero-order chi connectivity index (χ0) is 5.11. The maximum atomic E-state index is 3.78. The zero-order valence-electron chi connectivity index (χ0n) is 4.00. The highest BCUT2D eigenvalue weighted by Gasteiger charge is 1.77. The number of halogens is 1. The SMILES string of the molecule is Brc1ncccn1.S. The van der Waals surface area contributed by atoms with Gasteiger partial charge in [-0.3, -0.25) is 0 Å². The maximum Gasteiger partial charge on any atom is 0.196 e. The first-order valence-corrected chi connectivity index (χ1v) is 2.61. The van der Waals surface area contributed by atoms with E-state index in [0.29, 0.717) is 4.73 Å². The Morgan fingerprint density at radius 3 is 2.00 bits per heavy atom. The Labute approximate surface area is 62.9 Å². The highest BCUT2D eigenvalue weighted by Crippen LogP contribution is 1.94. The van der Waals surface area contributed by atoms with Crippen LogP contribution in [0.4, 0.5) is 0 Å². The summed E-state index contributed by atoms with van der Waals surface area (Å²) in [6.45, 7) is 0. The molecular weight excluding hydrogens is 188 g/mol. The van der Waals surface area contributed by atoms with Gasteiger partial charge in [-0.25, -0.2) is 9.97 Å². The Hall–Kier alpha value is -0.0900. The third-order valence-corrected chi connectivity index (χ3v) is 0.944. The monoisotopic (exact) mass is 192 g/mol. The highest BCUT2D eigenvalue weighted by molar-refractivity contribution is 9.10. The molecule has 1 aromatic heterocycles. The fourth-order valence-electron chi connectivity index (χ4n) is 0.281. The van der Waals surface area contributed by atoms with Gasteiger partial charge in [-0.15, -0.1) is 0 Å². The first-order valence-electron chi connectivity index (χ1n) is 1.82. The summed E-state index contributed by atoms with van der Waals surface area (Å²) in [5.41, 5.74) is 0. The second-order valence-corrected chi connectivity index (χ2v) is 1.73. The van der Waals surface area contributed by atoms with Crippen LogP contribution in [0, 0.1) is 0 Å². The van der Waals surface area contributed by atoms with Crippen molar-refractivity contribution in [2.45, 2.75) is 0 Å². The van der Waals surface area contributed by atoms with Crippen molar-refractivity contribution >= 4 is 29.4 Å². The summed E-state index contributed by atoms with van der Waals surface area (Å²) in [6.07, 6.45) is 3.36. The van der Waals surface area contributed by atoms with E-state index in [4.69, 9.17) is 0 Å². The third kappa shape index (κ3) is 2.28. The van der Waals surface area contributed by atoms with Gasteiger partial charge >= 0.3 is 0 Å². The largest absolute Gasteiger partial charge is 0.231 e. The molecule has 0 atom stereocenters. The zero-order valence-corrected chi connectivity index (χ0v) is 6.59. The lowest BCUT2D eigenvalue weighted by molar-refractivity contribution is 1.11. The van der Waals surface area contributed by atoms with Gasteiger partial charge < -0.3 is 0 Å². The number of nitrogens with zero attached hydrogens (tertiary/aromatic N) is 2. The quantitative estimate of drug-likeness (QED) is 0.581. The van der Waals surface area contributed by atoms with Crippen LogP contribution in [0.5, 0.6) is 0 Å². The average Bonchev–Trinajstić information content (AvgIpc) is 1.69. The van der Waals surface area contributed by atoms with E-state index in [1.165, 1.54) is 0 Å². The molecule has 0 radical (unpaired) electrons. The molecule has 1 aromatic rings. The van der Waals surface area contributed by atoms with Gasteiger partial charge in [-0.2, -0.15) is 13.5 Å². The van der Waals surface area contributed by atoms with E-state index in [-0.39, 0.29) is 13.5 Å². The second-order valence-electron chi connectivity index (χ2n) is 1.02. The molecule has 0 bridgehead atoms. The van der Waals surface area contributed by atoms with Crippen LogP contribution in [-0.4, -0.2) is 9.97 Å². The molecule has 0 spiro atoms. The van der Waals surface area contributed by atoms with Gasteiger partial charge in [0.2, 0.25) is 0 Å². The van der Waals surface area contributed by atoms with Crippen LogP contribution in [0.15, 0.2) is 23.2 Å². The van der Waals surface area contributed by atoms with Crippen molar-refractivity contribution in [2.75, 3.05) is 0 Å². The van der Waals surface area contributed by atoms with E-state index in [0.717, 1.165) is 0 Å². The van der Waals surface area contributed by atoms with E-state index in [1.54, 1.807) is 18.5 Å². The lowest BCUT2D eigenvalue weighted by atomic mass is 10.7. The lowest BCUT2D eigenvalue weighted by Crippen LogP contribution is -1.74. The van der Waals surface area contributed by atoms with Gasteiger partial charge in [0.25, 0.3) is 0 Å². The van der Waals surface area contributed by atoms with Crippen molar-refractivity contribution in [3.8, 4) is 0 Å². The summed E-state index contributed by atoms with van der Waals surface area (Å²) in [7, 11) is 0. The molecule has 2 nitrogen and oxygen atoms in total. The average molecular weight is 193 g/mol. The normalized spacial score (nSPS) is 7.62. The fraction of sp³-hybridized carbons (Fsp3) is 0. The Balaban J connectivity index is 0.000000490. The minimum Gasteiger partial charge on any atom is -0.231 e. The van der Waals surface area contributed by atoms with Gasteiger partial charge in [-0.1, -0.05) is 0 Å². The third-order valence-electron chi connectivity index (χ3n) is 0.534. The van der Waals surface area contributed by atoms with Gasteiger partial charge in [0.15, 0.2) is 4.73 Å². The van der Waals surface area contributed by atoms with Gasteiger partial charge in [0, 0.05) is 12.4 Å². The molecule has 0 aliphatic heterocycles. The molecular formula is C4H5BrN2S. The van der Waals surface area contributed by atoms with E-state index in [9.17, 15) is 0 Å². The highest BCUT2D eigenvalue weighted by atomic mass is 79.9. The molecule has 0 fully saturated rings. The predicted molar refractivity (Wildman–Crippen MR) is 40.1 cm³/mol. The van der Waals surface area contributed by atoms with Crippen LogP contribution in [-0.2, 0) is 0 Å². The van der Waals surface area contributed by atoms with Crippen molar-refractivity contribution in [1.29, 1.82) is 0 Å². The van der Waals surface area contributed by atoms with Gasteiger partial charge in [0.05, 0.1) is 0 Å². The molecule has 1 rings (SSSR count). The molecule has 0 N–H and O–H groups in total. The van der Waals surface area contributed by atoms with E-state index < -0.39 is 0 Å². The van der Waals surface area contributed by atoms with Crippen LogP contribution in [0.3, 0.4) is 0 Å². The van der Waals surface area contributed by atoms with E-state index in [2.05, 4.69) is 25.9 Å². The van der Waals surface area contributed by atoms with Crippen molar-refractivity contribution in [1.82, 2.24) is 9.97 Å². The Morgan fingerprint density at radius 2 is 1.75 bits per heavy atom. The molecule has 0 aromatic carbocycles. The molecule has 0 aliphatic rings. The first kappa shape index (κ1) is 7.91. The Bertz CT molecular complexity index is 144.